The van der Waals surface area contributed by atoms with Crippen LogP contribution in [0.3, 0.4) is 0 Å². The van der Waals surface area contributed by atoms with E-state index >= 15 is 0 Å². The number of carboxylic acids is 1. The molecule has 2 aromatic carbocycles. The van der Waals surface area contributed by atoms with Gasteiger partial charge in [0.15, 0.2) is 5.76 Å². The Labute approximate surface area is 148 Å². The van der Waals surface area contributed by atoms with E-state index in [1.54, 1.807) is 11.8 Å². The fourth-order valence-electron chi connectivity index (χ4n) is 2.22. The summed E-state index contributed by atoms with van der Waals surface area (Å²) < 4.78 is 5.86. The van der Waals surface area contributed by atoms with E-state index in [0.717, 1.165) is 28.6 Å². The average Bonchev–Trinajstić information content (AvgIpc) is 3.05. The van der Waals surface area contributed by atoms with E-state index in [0.29, 0.717) is 11.0 Å². The molecular formula is C18H15NO3S2. The van der Waals surface area contributed by atoms with Gasteiger partial charge in [-0.25, -0.2) is 4.98 Å². The van der Waals surface area contributed by atoms with E-state index in [-0.39, 0.29) is 5.75 Å². The summed E-state index contributed by atoms with van der Waals surface area (Å²) in [5.74, 6) is -0.327. The van der Waals surface area contributed by atoms with Gasteiger partial charge >= 0.3 is 5.97 Å². The zero-order chi connectivity index (χ0) is 16.9. The Morgan fingerprint density at radius 1 is 1.08 bits per heavy atom. The van der Waals surface area contributed by atoms with Crippen molar-refractivity contribution in [2.24, 2.45) is 0 Å². The monoisotopic (exact) mass is 357 g/mol. The molecule has 1 N–H and O–H groups in total. The molecule has 0 atom stereocenters. The van der Waals surface area contributed by atoms with E-state index in [2.05, 4.69) is 4.98 Å². The fraction of sp³-hybridized carbons (Fsp3) is 0.111. The molecule has 0 spiro atoms. The normalized spacial score (nSPS) is 10.7. The summed E-state index contributed by atoms with van der Waals surface area (Å²) in [6.45, 7) is 0. The van der Waals surface area contributed by atoms with Gasteiger partial charge < -0.3 is 9.52 Å². The molecule has 0 amide bonds. The molecule has 0 bridgehead atoms. The minimum atomic E-state index is -0.898. The maximum Gasteiger partial charge on any atom is 0.314 e. The SMILES string of the molecule is CSc1ccc(-c2oc(SCC(=O)O)nc2-c2ccccc2)cc1. The van der Waals surface area contributed by atoms with Crippen molar-refractivity contribution in [3.8, 4) is 22.6 Å². The van der Waals surface area contributed by atoms with Crippen LogP contribution < -0.4 is 0 Å². The van der Waals surface area contributed by atoms with Gasteiger partial charge in [-0.1, -0.05) is 54.2 Å². The van der Waals surface area contributed by atoms with Crippen LogP contribution in [0, 0.1) is 0 Å². The third-order valence-corrected chi connectivity index (χ3v) is 4.88. The molecule has 122 valence electrons. The zero-order valence-corrected chi connectivity index (χ0v) is 14.6. The van der Waals surface area contributed by atoms with Crippen molar-refractivity contribution in [3.05, 3.63) is 54.6 Å². The Morgan fingerprint density at radius 2 is 1.79 bits per heavy atom. The lowest BCUT2D eigenvalue weighted by atomic mass is 10.1. The first-order valence-corrected chi connectivity index (χ1v) is 9.43. The predicted molar refractivity (Wildman–Crippen MR) is 97.5 cm³/mol. The van der Waals surface area contributed by atoms with Crippen molar-refractivity contribution in [2.45, 2.75) is 10.1 Å². The van der Waals surface area contributed by atoms with Crippen molar-refractivity contribution >= 4 is 29.5 Å². The van der Waals surface area contributed by atoms with Crippen molar-refractivity contribution in [2.75, 3.05) is 12.0 Å². The highest BCUT2D eigenvalue weighted by Crippen LogP contribution is 2.36. The quantitative estimate of drug-likeness (QED) is 0.633. The number of carboxylic acid groups (broad SMARTS) is 1. The highest BCUT2D eigenvalue weighted by Gasteiger charge is 2.17. The van der Waals surface area contributed by atoms with Gasteiger partial charge in [0.05, 0.1) is 0 Å². The van der Waals surface area contributed by atoms with Crippen LogP contribution >= 0.6 is 23.5 Å². The van der Waals surface area contributed by atoms with Crippen molar-refractivity contribution in [1.29, 1.82) is 0 Å². The number of nitrogens with zero attached hydrogens (tertiary/aromatic N) is 1. The summed E-state index contributed by atoms with van der Waals surface area (Å²) in [6, 6.07) is 17.8. The molecule has 1 aromatic heterocycles. The van der Waals surface area contributed by atoms with E-state index in [1.807, 2.05) is 60.9 Å². The summed E-state index contributed by atoms with van der Waals surface area (Å²) in [6.07, 6.45) is 2.03. The Hall–Kier alpha value is -2.18. The zero-order valence-electron chi connectivity index (χ0n) is 12.9. The first kappa shape index (κ1) is 16.7. The fourth-order valence-corrected chi connectivity index (χ4v) is 3.17. The van der Waals surface area contributed by atoms with Crippen LogP contribution in [-0.4, -0.2) is 28.1 Å². The smallest absolute Gasteiger partial charge is 0.314 e. The van der Waals surface area contributed by atoms with Crippen LogP contribution in [0.15, 0.2) is 69.1 Å². The van der Waals surface area contributed by atoms with Gasteiger partial charge in [-0.2, -0.15) is 0 Å². The number of carbonyl (C=O) groups is 1. The number of hydrogen-bond acceptors (Lipinski definition) is 5. The number of rotatable bonds is 6. The molecule has 3 rings (SSSR count). The van der Waals surface area contributed by atoms with Crippen LogP contribution in [0.1, 0.15) is 0 Å². The van der Waals surface area contributed by atoms with Gasteiger partial charge in [0.1, 0.15) is 11.4 Å². The third-order valence-electron chi connectivity index (χ3n) is 3.33. The molecule has 0 saturated heterocycles. The number of thioether (sulfide) groups is 2. The topological polar surface area (TPSA) is 63.3 Å². The van der Waals surface area contributed by atoms with Crippen molar-refractivity contribution in [1.82, 2.24) is 4.98 Å². The number of oxazole rings is 1. The van der Waals surface area contributed by atoms with Crippen LogP contribution in [0.4, 0.5) is 0 Å². The second-order valence-corrected chi connectivity index (χ2v) is 6.74. The number of hydrogen-bond donors (Lipinski definition) is 1. The molecule has 24 heavy (non-hydrogen) atoms. The number of aromatic nitrogens is 1. The Balaban J connectivity index is 2.03. The summed E-state index contributed by atoms with van der Waals surface area (Å²) >= 11 is 2.75. The van der Waals surface area contributed by atoms with Gasteiger partial charge in [-0.3, -0.25) is 4.79 Å². The predicted octanol–water partition coefficient (Wildman–Crippen LogP) is 4.91. The number of benzene rings is 2. The Bertz CT molecular complexity index is 829. The van der Waals surface area contributed by atoms with Crippen LogP contribution in [-0.2, 0) is 4.79 Å². The summed E-state index contributed by atoms with van der Waals surface area (Å²) in [5, 5.41) is 9.21. The third kappa shape index (κ3) is 3.83. The van der Waals surface area contributed by atoms with Crippen molar-refractivity contribution in [3.63, 3.8) is 0 Å². The molecule has 0 aliphatic heterocycles. The van der Waals surface area contributed by atoms with Gasteiger partial charge in [0, 0.05) is 16.0 Å². The van der Waals surface area contributed by atoms with Gasteiger partial charge in [-0.15, -0.1) is 11.8 Å². The molecule has 1 heterocycles. The molecule has 0 aliphatic rings. The molecule has 4 nitrogen and oxygen atoms in total. The molecule has 0 aliphatic carbocycles. The highest BCUT2D eigenvalue weighted by atomic mass is 32.2. The van der Waals surface area contributed by atoms with E-state index in [1.165, 1.54) is 4.90 Å². The molecule has 3 aromatic rings. The highest BCUT2D eigenvalue weighted by molar-refractivity contribution is 7.99. The van der Waals surface area contributed by atoms with Crippen LogP contribution in [0.2, 0.25) is 0 Å². The molecular weight excluding hydrogens is 342 g/mol. The summed E-state index contributed by atoms with van der Waals surface area (Å²) in [5.41, 5.74) is 2.58. The summed E-state index contributed by atoms with van der Waals surface area (Å²) in [4.78, 5) is 16.4. The molecule has 0 radical (unpaired) electrons. The molecule has 0 unspecified atom stereocenters. The maximum absolute atomic E-state index is 10.8. The standard InChI is InChI=1S/C18H15NO3S2/c1-23-14-9-7-13(8-10-14)17-16(12-5-3-2-4-6-12)19-18(22-17)24-11-15(20)21/h2-10H,11H2,1H3,(H,20,21). The van der Waals surface area contributed by atoms with Crippen molar-refractivity contribution < 1.29 is 14.3 Å². The number of aliphatic carboxylic acids is 1. The van der Waals surface area contributed by atoms with Crippen LogP contribution in [0.25, 0.3) is 22.6 Å². The second-order valence-electron chi connectivity index (χ2n) is 4.93. The average molecular weight is 357 g/mol. The largest absolute Gasteiger partial charge is 0.481 e. The second kappa shape index (κ2) is 7.59. The minimum Gasteiger partial charge on any atom is -0.481 e. The van der Waals surface area contributed by atoms with E-state index in [9.17, 15) is 4.79 Å². The Kier molecular flexibility index (Phi) is 5.27. The Morgan fingerprint density at radius 3 is 2.42 bits per heavy atom. The minimum absolute atomic E-state index is 0.0837. The maximum atomic E-state index is 10.8. The van der Waals surface area contributed by atoms with E-state index < -0.39 is 5.97 Å². The van der Waals surface area contributed by atoms with Gasteiger partial charge in [0.2, 0.25) is 0 Å². The van der Waals surface area contributed by atoms with Crippen LogP contribution in [0.5, 0.6) is 0 Å². The van der Waals surface area contributed by atoms with Gasteiger partial charge in [0.25, 0.3) is 5.22 Å². The first-order chi connectivity index (χ1) is 11.7. The van der Waals surface area contributed by atoms with Gasteiger partial charge in [-0.05, 0) is 18.4 Å². The first-order valence-electron chi connectivity index (χ1n) is 7.22. The lowest BCUT2D eigenvalue weighted by molar-refractivity contribution is -0.133. The molecule has 6 heteroatoms. The molecule has 0 fully saturated rings. The summed E-state index contributed by atoms with van der Waals surface area (Å²) in [7, 11) is 0. The van der Waals surface area contributed by atoms with E-state index in [4.69, 9.17) is 9.52 Å². The lowest BCUT2D eigenvalue weighted by Gasteiger charge is -2.02. The lowest BCUT2D eigenvalue weighted by Crippen LogP contribution is -1.97. The molecule has 0 saturated carbocycles.